The van der Waals surface area contributed by atoms with Crippen molar-refractivity contribution in [2.75, 3.05) is 0 Å². The highest BCUT2D eigenvalue weighted by atomic mass is 19.4. The van der Waals surface area contributed by atoms with Gasteiger partial charge in [0.2, 0.25) is 0 Å². The van der Waals surface area contributed by atoms with E-state index < -0.39 is 17.9 Å². The molecule has 3 rings (SSSR count). The Kier molecular flexibility index (Phi) is 5.41. The first-order chi connectivity index (χ1) is 12.9. The molecule has 2 aromatic carbocycles. The Morgan fingerprint density at radius 1 is 0.926 bits per heavy atom. The Hall–Kier alpha value is -3.34. The SMILES string of the molecule is O=C(/C=C1/C=CC(/C=C/c2ccccc2)=C1)c1cccc(OC(F)(F)F)c1. The van der Waals surface area contributed by atoms with Gasteiger partial charge in [-0.05, 0) is 41.0 Å². The number of allylic oxidation sites excluding steroid dienone is 7. The molecule has 0 aliphatic heterocycles. The number of hydrogen-bond donors (Lipinski definition) is 0. The average Bonchev–Trinajstić information content (AvgIpc) is 3.07. The van der Waals surface area contributed by atoms with E-state index in [0.717, 1.165) is 23.3 Å². The van der Waals surface area contributed by atoms with Crippen LogP contribution in [-0.2, 0) is 0 Å². The molecule has 0 spiro atoms. The first kappa shape index (κ1) is 18.5. The van der Waals surface area contributed by atoms with E-state index in [1.54, 1.807) is 6.08 Å². The normalized spacial score (nSPS) is 15.4. The third kappa shape index (κ3) is 5.57. The number of rotatable bonds is 5. The summed E-state index contributed by atoms with van der Waals surface area (Å²) in [6, 6.07) is 14.8. The smallest absolute Gasteiger partial charge is 0.406 e. The minimum absolute atomic E-state index is 0.124. The minimum atomic E-state index is -4.79. The molecule has 27 heavy (non-hydrogen) atoms. The molecule has 0 fully saturated rings. The van der Waals surface area contributed by atoms with E-state index in [-0.39, 0.29) is 5.56 Å². The quantitative estimate of drug-likeness (QED) is 0.485. The summed E-state index contributed by atoms with van der Waals surface area (Å²) in [4.78, 5) is 12.3. The summed E-state index contributed by atoms with van der Waals surface area (Å²) in [6.07, 6.45) is 5.94. The number of halogens is 3. The molecule has 2 nitrogen and oxygen atoms in total. The van der Waals surface area contributed by atoms with Crippen molar-refractivity contribution < 1.29 is 22.7 Å². The van der Waals surface area contributed by atoms with Crippen molar-refractivity contribution in [2.24, 2.45) is 0 Å². The minimum Gasteiger partial charge on any atom is -0.406 e. The highest BCUT2D eigenvalue weighted by Crippen LogP contribution is 2.24. The molecule has 1 aliphatic rings. The Morgan fingerprint density at radius 3 is 2.44 bits per heavy atom. The summed E-state index contributed by atoms with van der Waals surface area (Å²) in [5.74, 6) is -0.817. The van der Waals surface area contributed by atoms with E-state index >= 15 is 0 Å². The maximum Gasteiger partial charge on any atom is 0.573 e. The van der Waals surface area contributed by atoms with Crippen LogP contribution in [0.15, 0.2) is 96.1 Å². The maximum atomic E-state index is 12.3. The predicted octanol–water partition coefficient (Wildman–Crippen LogP) is 5.90. The molecule has 0 N–H and O–H groups in total. The van der Waals surface area contributed by atoms with E-state index in [1.807, 2.05) is 54.6 Å². The number of ketones is 1. The number of alkyl halides is 3. The van der Waals surface area contributed by atoms with Crippen molar-refractivity contribution in [3.8, 4) is 5.75 Å². The third-order valence-corrected chi connectivity index (χ3v) is 3.72. The molecule has 0 heterocycles. The van der Waals surface area contributed by atoms with Crippen LogP contribution < -0.4 is 4.74 Å². The van der Waals surface area contributed by atoms with Crippen LogP contribution >= 0.6 is 0 Å². The Balaban J connectivity index is 1.71. The van der Waals surface area contributed by atoms with Gasteiger partial charge in [0.15, 0.2) is 5.78 Å². The van der Waals surface area contributed by atoms with Gasteiger partial charge in [-0.15, -0.1) is 13.2 Å². The van der Waals surface area contributed by atoms with Gasteiger partial charge in [0, 0.05) is 5.56 Å². The molecule has 0 saturated heterocycles. The molecular formula is C22H15F3O2. The summed E-state index contributed by atoms with van der Waals surface area (Å²) in [7, 11) is 0. The zero-order valence-electron chi connectivity index (χ0n) is 14.1. The van der Waals surface area contributed by atoms with Crippen LogP contribution in [0.1, 0.15) is 15.9 Å². The first-order valence-corrected chi connectivity index (χ1v) is 8.14. The van der Waals surface area contributed by atoms with Crippen LogP contribution in [-0.4, -0.2) is 12.1 Å². The van der Waals surface area contributed by atoms with Crippen molar-refractivity contribution in [2.45, 2.75) is 6.36 Å². The summed E-state index contributed by atoms with van der Waals surface area (Å²) in [5.41, 5.74) is 2.78. The zero-order valence-corrected chi connectivity index (χ0v) is 14.1. The van der Waals surface area contributed by atoms with E-state index in [1.165, 1.54) is 18.2 Å². The van der Waals surface area contributed by atoms with Crippen molar-refractivity contribution in [3.05, 3.63) is 107 Å². The van der Waals surface area contributed by atoms with Crippen molar-refractivity contribution in [1.82, 2.24) is 0 Å². The van der Waals surface area contributed by atoms with Gasteiger partial charge in [-0.3, -0.25) is 4.79 Å². The topological polar surface area (TPSA) is 26.3 Å². The first-order valence-electron chi connectivity index (χ1n) is 8.14. The van der Waals surface area contributed by atoms with E-state index in [0.29, 0.717) is 5.57 Å². The van der Waals surface area contributed by atoms with Crippen molar-refractivity contribution in [3.63, 3.8) is 0 Å². The lowest BCUT2D eigenvalue weighted by molar-refractivity contribution is -0.274. The van der Waals surface area contributed by atoms with Crippen molar-refractivity contribution >= 4 is 11.9 Å². The highest BCUT2D eigenvalue weighted by Gasteiger charge is 2.31. The number of carbonyl (C=O) groups excluding carboxylic acids is 1. The average molecular weight is 368 g/mol. The molecule has 0 aromatic heterocycles. The van der Waals surface area contributed by atoms with E-state index in [2.05, 4.69) is 4.74 Å². The van der Waals surface area contributed by atoms with Gasteiger partial charge >= 0.3 is 6.36 Å². The molecule has 0 amide bonds. The van der Waals surface area contributed by atoms with Crippen LogP contribution in [0.4, 0.5) is 13.2 Å². The summed E-state index contributed by atoms with van der Waals surface area (Å²) >= 11 is 0. The number of hydrogen-bond acceptors (Lipinski definition) is 2. The monoisotopic (exact) mass is 368 g/mol. The van der Waals surface area contributed by atoms with Gasteiger partial charge in [0.1, 0.15) is 5.75 Å². The van der Waals surface area contributed by atoms with Crippen LogP contribution in [0, 0.1) is 0 Å². The second kappa shape index (κ2) is 7.91. The molecule has 0 radical (unpaired) electrons. The van der Waals surface area contributed by atoms with Gasteiger partial charge in [-0.2, -0.15) is 0 Å². The van der Waals surface area contributed by atoms with Gasteiger partial charge in [0.05, 0.1) is 0 Å². The van der Waals surface area contributed by atoms with Crippen LogP contribution in [0.25, 0.3) is 6.08 Å². The Bertz CT molecular complexity index is 949. The number of carbonyl (C=O) groups is 1. The molecule has 0 atom stereocenters. The van der Waals surface area contributed by atoms with E-state index in [4.69, 9.17) is 0 Å². The molecule has 0 unspecified atom stereocenters. The summed E-state index contributed by atoms with van der Waals surface area (Å²) in [6.45, 7) is 0. The molecule has 0 saturated carbocycles. The summed E-state index contributed by atoms with van der Waals surface area (Å²) < 4.78 is 40.7. The predicted molar refractivity (Wildman–Crippen MR) is 98.2 cm³/mol. The number of benzene rings is 2. The second-order valence-electron chi connectivity index (χ2n) is 5.81. The number of ether oxygens (including phenoxy) is 1. The fourth-order valence-corrected chi connectivity index (χ4v) is 2.51. The van der Waals surface area contributed by atoms with Crippen molar-refractivity contribution in [1.29, 1.82) is 0 Å². The standard InChI is InChI=1S/C22H15F3O2/c23-22(24,25)27-20-8-4-7-19(15-20)21(26)14-18-12-11-17(13-18)10-9-16-5-2-1-3-6-16/h1-15H/b10-9+,18-14-. The molecule has 5 heteroatoms. The Morgan fingerprint density at radius 2 is 1.70 bits per heavy atom. The lowest BCUT2D eigenvalue weighted by atomic mass is 10.1. The lowest BCUT2D eigenvalue weighted by Gasteiger charge is -2.09. The van der Waals surface area contributed by atoms with Crippen LogP contribution in [0.3, 0.4) is 0 Å². The largest absolute Gasteiger partial charge is 0.573 e. The zero-order chi connectivity index (χ0) is 19.3. The van der Waals surface area contributed by atoms with Gasteiger partial charge < -0.3 is 4.74 Å². The molecule has 2 aromatic rings. The Labute approximate surface area is 154 Å². The third-order valence-electron chi connectivity index (χ3n) is 3.72. The van der Waals surface area contributed by atoms with Gasteiger partial charge in [0.25, 0.3) is 0 Å². The highest BCUT2D eigenvalue weighted by molar-refractivity contribution is 6.05. The van der Waals surface area contributed by atoms with Gasteiger partial charge in [-0.25, -0.2) is 0 Å². The fourth-order valence-electron chi connectivity index (χ4n) is 2.51. The summed E-state index contributed by atoms with van der Waals surface area (Å²) in [5, 5.41) is 0. The maximum absolute atomic E-state index is 12.3. The van der Waals surface area contributed by atoms with E-state index in [9.17, 15) is 18.0 Å². The molecule has 136 valence electrons. The molecule has 0 bridgehead atoms. The van der Waals surface area contributed by atoms with Crippen LogP contribution in [0.2, 0.25) is 0 Å². The molecular weight excluding hydrogens is 353 g/mol. The lowest BCUT2D eigenvalue weighted by Crippen LogP contribution is -2.17. The molecule has 1 aliphatic carbocycles. The fraction of sp³-hybridized carbons (Fsp3) is 0.0455. The van der Waals surface area contributed by atoms with Gasteiger partial charge in [-0.1, -0.05) is 66.8 Å². The van der Waals surface area contributed by atoms with Crippen LogP contribution in [0.5, 0.6) is 5.75 Å². The second-order valence-corrected chi connectivity index (χ2v) is 5.81.